The SMILES string of the molecule is Cc1cc(C)c(NC(=O)Cn2cnnn2)c(Cl)c1. The zero-order valence-corrected chi connectivity index (χ0v) is 10.8. The molecule has 2 aromatic rings. The molecular formula is C11H12ClN5O. The summed E-state index contributed by atoms with van der Waals surface area (Å²) in [6.07, 6.45) is 1.38. The second-order valence-electron chi connectivity index (χ2n) is 3.99. The number of aromatic nitrogens is 4. The van der Waals surface area contributed by atoms with Crippen molar-refractivity contribution in [3.8, 4) is 0 Å². The highest BCUT2D eigenvalue weighted by Crippen LogP contribution is 2.27. The Balaban J connectivity index is 2.12. The molecule has 7 heteroatoms. The normalized spacial score (nSPS) is 10.4. The van der Waals surface area contributed by atoms with Gasteiger partial charge in [0.05, 0.1) is 10.7 Å². The Morgan fingerprint density at radius 3 is 2.83 bits per heavy atom. The van der Waals surface area contributed by atoms with Gasteiger partial charge in [0.25, 0.3) is 0 Å². The van der Waals surface area contributed by atoms with Gasteiger partial charge in [-0.15, -0.1) is 5.10 Å². The van der Waals surface area contributed by atoms with E-state index in [0.29, 0.717) is 10.7 Å². The van der Waals surface area contributed by atoms with Crippen molar-refractivity contribution in [1.29, 1.82) is 0 Å². The molecule has 0 aliphatic carbocycles. The number of rotatable bonds is 3. The molecule has 1 N–H and O–H groups in total. The summed E-state index contributed by atoms with van der Waals surface area (Å²) in [5, 5.41) is 13.8. The standard InChI is InChI=1S/C11H12ClN5O/c1-7-3-8(2)11(9(12)4-7)14-10(18)5-17-6-13-15-16-17/h3-4,6H,5H2,1-2H3,(H,14,18). The van der Waals surface area contributed by atoms with Crippen molar-refractivity contribution in [2.75, 3.05) is 5.32 Å². The molecule has 18 heavy (non-hydrogen) atoms. The summed E-state index contributed by atoms with van der Waals surface area (Å²) >= 11 is 6.10. The average molecular weight is 266 g/mol. The fourth-order valence-corrected chi connectivity index (χ4v) is 2.02. The first-order chi connectivity index (χ1) is 8.56. The van der Waals surface area contributed by atoms with Gasteiger partial charge in [-0.2, -0.15) is 0 Å². The van der Waals surface area contributed by atoms with Crippen molar-refractivity contribution in [3.63, 3.8) is 0 Å². The van der Waals surface area contributed by atoms with E-state index in [9.17, 15) is 4.79 Å². The molecule has 1 aromatic carbocycles. The van der Waals surface area contributed by atoms with E-state index >= 15 is 0 Å². The first kappa shape index (κ1) is 12.5. The van der Waals surface area contributed by atoms with Gasteiger partial charge in [0, 0.05) is 0 Å². The summed E-state index contributed by atoms with van der Waals surface area (Å²) in [5.41, 5.74) is 2.60. The van der Waals surface area contributed by atoms with Crippen molar-refractivity contribution in [2.45, 2.75) is 20.4 Å². The van der Waals surface area contributed by atoms with Crippen LogP contribution in [0.2, 0.25) is 5.02 Å². The molecule has 0 saturated carbocycles. The van der Waals surface area contributed by atoms with Crippen molar-refractivity contribution < 1.29 is 4.79 Å². The van der Waals surface area contributed by atoms with Crippen LogP contribution in [0, 0.1) is 13.8 Å². The number of carbonyl (C=O) groups is 1. The summed E-state index contributed by atoms with van der Waals surface area (Å²) in [6.45, 7) is 3.90. The van der Waals surface area contributed by atoms with Gasteiger partial charge in [0.2, 0.25) is 5.91 Å². The molecule has 1 aromatic heterocycles. The Kier molecular flexibility index (Phi) is 3.57. The number of carbonyl (C=O) groups excluding carboxylic acids is 1. The van der Waals surface area contributed by atoms with Gasteiger partial charge in [0.1, 0.15) is 12.9 Å². The summed E-state index contributed by atoms with van der Waals surface area (Å²) in [7, 11) is 0. The Bertz CT molecular complexity index is 544. The van der Waals surface area contributed by atoms with Gasteiger partial charge < -0.3 is 5.32 Å². The van der Waals surface area contributed by atoms with Gasteiger partial charge in [-0.05, 0) is 41.5 Å². The third kappa shape index (κ3) is 2.84. The number of benzene rings is 1. The summed E-state index contributed by atoms with van der Waals surface area (Å²) in [4.78, 5) is 11.8. The third-order valence-corrected chi connectivity index (χ3v) is 2.69. The third-order valence-electron chi connectivity index (χ3n) is 2.39. The first-order valence-electron chi connectivity index (χ1n) is 5.33. The van der Waals surface area contributed by atoms with Crippen molar-refractivity contribution in [1.82, 2.24) is 20.2 Å². The summed E-state index contributed by atoms with van der Waals surface area (Å²) in [5.74, 6) is -0.226. The molecular weight excluding hydrogens is 254 g/mol. The van der Waals surface area contributed by atoms with Gasteiger partial charge in [-0.25, -0.2) is 4.68 Å². The quantitative estimate of drug-likeness (QED) is 0.915. The number of halogens is 1. The Hall–Kier alpha value is -1.95. The second kappa shape index (κ2) is 5.14. The molecule has 0 aliphatic heterocycles. The largest absolute Gasteiger partial charge is 0.323 e. The van der Waals surface area contributed by atoms with Crippen LogP contribution in [0.25, 0.3) is 0 Å². The van der Waals surface area contributed by atoms with Crippen LogP contribution in [0.1, 0.15) is 11.1 Å². The molecule has 6 nitrogen and oxygen atoms in total. The van der Waals surface area contributed by atoms with E-state index in [-0.39, 0.29) is 12.5 Å². The molecule has 2 rings (SSSR count). The monoisotopic (exact) mass is 265 g/mol. The van der Waals surface area contributed by atoms with Gasteiger partial charge in [-0.3, -0.25) is 4.79 Å². The smallest absolute Gasteiger partial charge is 0.246 e. The molecule has 1 heterocycles. The number of nitrogens with zero attached hydrogens (tertiary/aromatic N) is 4. The van der Waals surface area contributed by atoms with Gasteiger partial charge in [0.15, 0.2) is 0 Å². The number of anilines is 1. The molecule has 0 fully saturated rings. The fourth-order valence-electron chi connectivity index (χ4n) is 1.65. The number of amides is 1. The molecule has 0 spiro atoms. The molecule has 0 saturated heterocycles. The van der Waals surface area contributed by atoms with Crippen LogP contribution in [0.4, 0.5) is 5.69 Å². The lowest BCUT2D eigenvalue weighted by molar-refractivity contribution is -0.116. The van der Waals surface area contributed by atoms with E-state index in [1.54, 1.807) is 6.07 Å². The van der Waals surface area contributed by atoms with E-state index in [1.165, 1.54) is 11.0 Å². The maximum absolute atomic E-state index is 11.8. The molecule has 94 valence electrons. The van der Waals surface area contributed by atoms with Crippen molar-refractivity contribution >= 4 is 23.2 Å². The van der Waals surface area contributed by atoms with Crippen LogP contribution in [0.15, 0.2) is 18.5 Å². The van der Waals surface area contributed by atoms with Gasteiger partial charge in [-0.1, -0.05) is 17.7 Å². The minimum absolute atomic E-state index is 0.0522. The number of hydrogen-bond acceptors (Lipinski definition) is 4. The van der Waals surface area contributed by atoms with Gasteiger partial charge >= 0.3 is 0 Å². The van der Waals surface area contributed by atoms with E-state index in [2.05, 4.69) is 20.8 Å². The molecule has 0 atom stereocenters. The molecule has 0 radical (unpaired) electrons. The number of aryl methyl sites for hydroxylation is 2. The molecule has 1 amide bonds. The summed E-state index contributed by atoms with van der Waals surface area (Å²) < 4.78 is 1.34. The van der Waals surface area contributed by atoms with E-state index in [4.69, 9.17) is 11.6 Å². The highest BCUT2D eigenvalue weighted by Gasteiger charge is 2.10. The minimum Gasteiger partial charge on any atom is -0.323 e. The van der Waals surface area contributed by atoms with Crippen LogP contribution in [0.3, 0.4) is 0 Å². The van der Waals surface area contributed by atoms with Crippen molar-refractivity contribution in [2.24, 2.45) is 0 Å². The highest BCUT2D eigenvalue weighted by atomic mass is 35.5. The zero-order valence-electron chi connectivity index (χ0n) is 10.0. The van der Waals surface area contributed by atoms with E-state index < -0.39 is 0 Å². The van der Waals surface area contributed by atoms with Crippen LogP contribution < -0.4 is 5.32 Å². The highest BCUT2D eigenvalue weighted by molar-refractivity contribution is 6.34. The fraction of sp³-hybridized carbons (Fsp3) is 0.273. The lowest BCUT2D eigenvalue weighted by Crippen LogP contribution is -2.20. The lowest BCUT2D eigenvalue weighted by atomic mass is 10.1. The molecule has 0 bridgehead atoms. The topological polar surface area (TPSA) is 72.7 Å². The molecule has 0 unspecified atom stereocenters. The van der Waals surface area contributed by atoms with Crippen LogP contribution in [-0.4, -0.2) is 26.1 Å². The predicted molar refractivity (Wildman–Crippen MR) is 67.4 cm³/mol. The second-order valence-corrected chi connectivity index (χ2v) is 4.40. The van der Waals surface area contributed by atoms with Crippen LogP contribution in [0.5, 0.6) is 0 Å². The van der Waals surface area contributed by atoms with Crippen molar-refractivity contribution in [3.05, 3.63) is 34.6 Å². The number of hydrogen-bond donors (Lipinski definition) is 1. The number of nitrogens with one attached hydrogen (secondary N) is 1. The van der Waals surface area contributed by atoms with E-state index in [1.807, 2.05) is 19.9 Å². The first-order valence-corrected chi connectivity index (χ1v) is 5.71. The predicted octanol–water partition coefficient (Wildman–Crippen LogP) is 1.58. The Labute approximate surface area is 109 Å². The average Bonchev–Trinajstić information content (AvgIpc) is 2.76. The Morgan fingerprint density at radius 1 is 1.44 bits per heavy atom. The Morgan fingerprint density at radius 2 is 2.22 bits per heavy atom. The summed E-state index contributed by atoms with van der Waals surface area (Å²) in [6, 6.07) is 3.76. The maximum Gasteiger partial charge on any atom is 0.246 e. The van der Waals surface area contributed by atoms with Crippen LogP contribution in [-0.2, 0) is 11.3 Å². The lowest BCUT2D eigenvalue weighted by Gasteiger charge is -2.11. The zero-order chi connectivity index (χ0) is 13.1. The molecule has 0 aliphatic rings. The van der Waals surface area contributed by atoms with Crippen LogP contribution >= 0.6 is 11.6 Å². The number of tetrazole rings is 1. The maximum atomic E-state index is 11.8. The van der Waals surface area contributed by atoms with E-state index in [0.717, 1.165) is 11.1 Å². The minimum atomic E-state index is -0.226.